The third kappa shape index (κ3) is 6.75. The lowest BCUT2D eigenvalue weighted by molar-refractivity contribution is 0.246. The second-order valence-electron chi connectivity index (χ2n) is 14.4. The van der Waals surface area contributed by atoms with Crippen molar-refractivity contribution in [3.63, 3.8) is 0 Å². The molecule has 254 valence electrons. The van der Waals surface area contributed by atoms with Crippen LogP contribution in [0.2, 0.25) is 0 Å². The normalized spacial score (nSPS) is 12.4. The Morgan fingerprint density at radius 2 is 1.08 bits per heavy atom. The number of nitrogens with two attached hydrogens (primary N) is 1. The second-order valence-corrected chi connectivity index (χ2v) is 14.4. The van der Waals surface area contributed by atoms with Gasteiger partial charge in [-0.15, -0.1) is 0 Å². The predicted molar refractivity (Wildman–Crippen MR) is 205 cm³/mol. The van der Waals surface area contributed by atoms with Crippen LogP contribution in [-0.2, 0) is 26.2 Å². The molecule has 2 N–H and O–H groups in total. The van der Waals surface area contributed by atoms with Gasteiger partial charge < -0.3 is 14.9 Å². The zero-order chi connectivity index (χ0) is 33.8. The first kappa shape index (κ1) is 34.1. The molecule has 0 aliphatic carbocycles. The number of aryl methyl sites for hydroxylation is 2. The summed E-state index contributed by atoms with van der Waals surface area (Å²) in [6.45, 7) is 19.0. The fraction of sp³-hybridized carbons (Fsp3) is 0.476. The van der Waals surface area contributed by atoms with E-state index in [9.17, 15) is 0 Å². The highest BCUT2D eigenvalue weighted by Crippen LogP contribution is 2.36. The first-order valence-electron chi connectivity index (χ1n) is 18.6. The molecule has 0 spiro atoms. The van der Waals surface area contributed by atoms with Crippen LogP contribution in [0.1, 0.15) is 115 Å². The SMILES string of the molecule is CCCCn1c2ccccc2c2cc(CN(CCCCN)Cc3cc4c5ccccc5n(CCCC)c4c(C(C)C)n3)nc(C(C)C)c21. The van der Waals surface area contributed by atoms with Crippen molar-refractivity contribution in [2.75, 3.05) is 13.1 Å². The number of pyridine rings is 2. The van der Waals surface area contributed by atoms with Crippen LogP contribution in [0.15, 0.2) is 60.7 Å². The zero-order valence-electron chi connectivity index (χ0n) is 30.2. The molecule has 0 saturated carbocycles. The average molecular weight is 645 g/mol. The van der Waals surface area contributed by atoms with E-state index in [1.165, 1.54) is 67.8 Å². The van der Waals surface area contributed by atoms with Crippen molar-refractivity contribution in [1.82, 2.24) is 24.0 Å². The highest BCUT2D eigenvalue weighted by Gasteiger charge is 2.22. The minimum Gasteiger partial charge on any atom is -0.339 e. The van der Waals surface area contributed by atoms with Gasteiger partial charge in [-0.25, -0.2) is 0 Å². The summed E-state index contributed by atoms with van der Waals surface area (Å²) in [7, 11) is 0. The number of aromatic nitrogens is 4. The molecule has 0 bridgehead atoms. The summed E-state index contributed by atoms with van der Waals surface area (Å²) in [5.41, 5.74) is 15.9. The summed E-state index contributed by atoms with van der Waals surface area (Å²) in [5, 5.41) is 5.33. The van der Waals surface area contributed by atoms with Gasteiger partial charge >= 0.3 is 0 Å². The van der Waals surface area contributed by atoms with E-state index in [1.54, 1.807) is 0 Å². The smallest absolute Gasteiger partial charge is 0.0713 e. The van der Waals surface area contributed by atoms with Gasteiger partial charge in [0.05, 0.1) is 33.8 Å². The monoisotopic (exact) mass is 644 g/mol. The number of hydrogen-bond donors (Lipinski definition) is 1. The molecular weight excluding hydrogens is 589 g/mol. The topological polar surface area (TPSA) is 64.9 Å². The second kappa shape index (κ2) is 15.2. The average Bonchev–Trinajstić information content (AvgIpc) is 3.57. The Morgan fingerprint density at radius 3 is 1.50 bits per heavy atom. The molecule has 4 heterocycles. The van der Waals surface area contributed by atoms with Crippen molar-refractivity contribution < 1.29 is 0 Å². The molecule has 6 nitrogen and oxygen atoms in total. The number of rotatable bonds is 16. The summed E-state index contributed by atoms with van der Waals surface area (Å²) in [4.78, 5) is 13.4. The molecule has 0 unspecified atom stereocenters. The van der Waals surface area contributed by atoms with Gasteiger partial charge in [0, 0.05) is 58.8 Å². The number of unbranched alkanes of at least 4 members (excludes halogenated alkanes) is 3. The highest BCUT2D eigenvalue weighted by molar-refractivity contribution is 6.10. The third-order valence-electron chi connectivity index (χ3n) is 9.92. The molecule has 6 heteroatoms. The predicted octanol–water partition coefficient (Wildman–Crippen LogP) is 10.3. The first-order chi connectivity index (χ1) is 23.4. The minimum absolute atomic E-state index is 0.325. The van der Waals surface area contributed by atoms with Gasteiger partial charge in [-0.2, -0.15) is 0 Å². The van der Waals surface area contributed by atoms with E-state index in [1.807, 2.05) is 0 Å². The molecule has 48 heavy (non-hydrogen) atoms. The molecule has 0 aliphatic heterocycles. The molecular formula is C42H56N6. The van der Waals surface area contributed by atoms with Gasteiger partial charge in [-0.1, -0.05) is 90.8 Å². The van der Waals surface area contributed by atoms with Crippen molar-refractivity contribution in [1.29, 1.82) is 0 Å². The van der Waals surface area contributed by atoms with Crippen LogP contribution in [0.3, 0.4) is 0 Å². The van der Waals surface area contributed by atoms with Crippen LogP contribution in [0, 0.1) is 0 Å². The Balaban J connectivity index is 1.43. The molecule has 2 aromatic carbocycles. The van der Waals surface area contributed by atoms with Gasteiger partial charge in [-0.3, -0.25) is 14.9 Å². The molecule has 0 amide bonds. The lowest BCUT2D eigenvalue weighted by atomic mass is 10.0. The number of hydrogen-bond acceptors (Lipinski definition) is 4. The number of para-hydroxylation sites is 2. The van der Waals surface area contributed by atoms with E-state index >= 15 is 0 Å². The van der Waals surface area contributed by atoms with E-state index in [0.717, 1.165) is 69.8 Å². The lowest BCUT2D eigenvalue weighted by Gasteiger charge is -2.23. The van der Waals surface area contributed by atoms with E-state index in [4.69, 9.17) is 15.7 Å². The van der Waals surface area contributed by atoms with E-state index in [0.29, 0.717) is 18.4 Å². The van der Waals surface area contributed by atoms with Crippen LogP contribution >= 0.6 is 0 Å². The quantitative estimate of drug-likeness (QED) is 0.107. The molecule has 0 saturated heterocycles. The highest BCUT2D eigenvalue weighted by atomic mass is 15.1. The van der Waals surface area contributed by atoms with Gasteiger partial charge in [0.15, 0.2) is 0 Å². The van der Waals surface area contributed by atoms with Gasteiger partial charge in [0.2, 0.25) is 0 Å². The Morgan fingerprint density at radius 1 is 0.625 bits per heavy atom. The maximum Gasteiger partial charge on any atom is 0.0713 e. The molecule has 6 aromatic rings. The summed E-state index contributed by atoms with van der Waals surface area (Å²) in [6.07, 6.45) is 6.74. The van der Waals surface area contributed by atoms with Crippen LogP contribution < -0.4 is 5.73 Å². The van der Waals surface area contributed by atoms with E-state index < -0.39 is 0 Å². The van der Waals surface area contributed by atoms with Crippen molar-refractivity contribution in [2.45, 2.75) is 118 Å². The summed E-state index contributed by atoms with van der Waals surface area (Å²) in [6, 6.07) is 22.6. The third-order valence-corrected chi connectivity index (χ3v) is 9.92. The molecule has 4 aromatic heterocycles. The zero-order valence-corrected chi connectivity index (χ0v) is 30.2. The minimum atomic E-state index is 0.325. The van der Waals surface area contributed by atoms with Crippen molar-refractivity contribution >= 4 is 43.6 Å². The van der Waals surface area contributed by atoms with E-state index in [2.05, 4.69) is 116 Å². The Bertz CT molecular complexity index is 1860. The van der Waals surface area contributed by atoms with E-state index in [-0.39, 0.29) is 0 Å². The number of nitrogens with zero attached hydrogens (tertiary/aromatic N) is 5. The Labute approximate surface area is 287 Å². The van der Waals surface area contributed by atoms with Gasteiger partial charge in [-0.05, 0) is 74.9 Å². The van der Waals surface area contributed by atoms with Crippen LogP contribution in [0.4, 0.5) is 0 Å². The van der Waals surface area contributed by atoms with Crippen molar-refractivity contribution in [3.05, 3.63) is 83.4 Å². The first-order valence-corrected chi connectivity index (χ1v) is 18.6. The molecule has 6 rings (SSSR count). The molecule has 0 atom stereocenters. The standard InChI is InChI=1S/C42H56N6/c1-7-9-23-47-37-19-13-11-17-33(37)35-25-31(44-39(29(3)4)41(35)47)27-46(22-16-15-21-43)28-32-26-36-34-18-12-14-20-38(34)48(24-10-8-2)42(36)40(45-32)30(5)6/h11-14,17-20,25-26,29-30H,7-10,15-16,21-24,27-28,43H2,1-6H3. The lowest BCUT2D eigenvalue weighted by Crippen LogP contribution is -2.26. The molecule has 0 fully saturated rings. The molecule has 0 aliphatic rings. The van der Waals surface area contributed by atoms with Crippen molar-refractivity contribution in [3.8, 4) is 0 Å². The Hall–Kier alpha value is -3.74. The van der Waals surface area contributed by atoms with Crippen molar-refractivity contribution in [2.24, 2.45) is 5.73 Å². The summed E-state index contributed by atoms with van der Waals surface area (Å²) >= 11 is 0. The Kier molecular flexibility index (Phi) is 10.8. The maximum absolute atomic E-state index is 5.98. The largest absolute Gasteiger partial charge is 0.339 e. The maximum atomic E-state index is 5.98. The number of benzene rings is 2. The fourth-order valence-corrected chi connectivity index (χ4v) is 7.53. The summed E-state index contributed by atoms with van der Waals surface area (Å²) < 4.78 is 5.06. The summed E-state index contributed by atoms with van der Waals surface area (Å²) in [5.74, 6) is 0.649. The molecule has 0 radical (unpaired) electrons. The fourth-order valence-electron chi connectivity index (χ4n) is 7.53. The van der Waals surface area contributed by atoms with Crippen LogP contribution in [0.25, 0.3) is 43.6 Å². The van der Waals surface area contributed by atoms with Gasteiger partial charge in [0.25, 0.3) is 0 Å². The van der Waals surface area contributed by atoms with Crippen LogP contribution in [-0.4, -0.2) is 37.1 Å². The number of fused-ring (bicyclic) bond motifs is 6. The van der Waals surface area contributed by atoms with Gasteiger partial charge in [0.1, 0.15) is 0 Å². The van der Waals surface area contributed by atoms with Crippen LogP contribution in [0.5, 0.6) is 0 Å².